The lowest BCUT2D eigenvalue weighted by atomic mass is 9.95. The lowest BCUT2D eigenvalue weighted by molar-refractivity contribution is 0.310. The van der Waals surface area contributed by atoms with Gasteiger partial charge in [0.2, 0.25) is 0 Å². The van der Waals surface area contributed by atoms with E-state index < -0.39 is 0 Å². The van der Waals surface area contributed by atoms with Crippen LogP contribution >= 0.6 is 0 Å². The second-order valence-electron chi connectivity index (χ2n) is 5.91. The Labute approximate surface area is 125 Å². The maximum absolute atomic E-state index is 2.43. The first kappa shape index (κ1) is 17.0. The summed E-state index contributed by atoms with van der Waals surface area (Å²) < 4.78 is 0. The Morgan fingerprint density at radius 2 is 1.80 bits per heavy atom. The molecule has 0 radical (unpaired) electrons. The van der Waals surface area contributed by atoms with E-state index in [4.69, 9.17) is 0 Å². The summed E-state index contributed by atoms with van der Waals surface area (Å²) >= 11 is 0. The molecule has 0 aliphatic heterocycles. The van der Waals surface area contributed by atoms with Crippen LogP contribution in [0.25, 0.3) is 0 Å². The van der Waals surface area contributed by atoms with Gasteiger partial charge in [-0.1, -0.05) is 49.8 Å². The predicted molar refractivity (Wildman–Crippen MR) is 90.3 cm³/mol. The Morgan fingerprint density at radius 3 is 2.35 bits per heavy atom. The molecule has 1 rings (SSSR count). The number of nitrogens with zero attached hydrogens (tertiary/aromatic N) is 1. The summed E-state index contributed by atoms with van der Waals surface area (Å²) in [5.41, 5.74) is 4.64. The third-order valence-corrected chi connectivity index (χ3v) is 4.15. The molecule has 0 aromatic heterocycles. The molecule has 0 saturated carbocycles. The minimum Gasteiger partial charge on any atom is -0.306 e. The third kappa shape index (κ3) is 5.50. The Kier molecular flexibility index (Phi) is 7.61. The zero-order valence-corrected chi connectivity index (χ0v) is 13.9. The van der Waals surface area contributed by atoms with Crippen molar-refractivity contribution in [3.05, 3.63) is 47.0 Å². The van der Waals surface area contributed by atoms with Gasteiger partial charge in [-0.25, -0.2) is 0 Å². The first-order valence-electron chi connectivity index (χ1n) is 7.99. The lowest BCUT2D eigenvalue weighted by Crippen LogP contribution is -2.25. The van der Waals surface area contributed by atoms with Crippen LogP contribution < -0.4 is 0 Å². The van der Waals surface area contributed by atoms with E-state index in [2.05, 4.69) is 70.1 Å². The first-order chi connectivity index (χ1) is 9.58. The van der Waals surface area contributed by atoms with Gasteiger partial charge in [-0.2, -0.15) is 0 Å². The maximum Gasteiger partial charge on any atom is 0.00980 e. The van der Waals surface area contributed by atoms with Gasteiger partial charge in [0.1, 0.15) is 0 Å². The van der Waals surface area contributed by atoms with Crippen molar-refractivity contribution < 1.29 is 0 Å². The largest absolute Gasteiger partial charge is 0.306 e. The molecule has 0 amide bonds. The standard InChI is InChI=1S/C19H31N/c1-6-10-17(15-16(3)20(4)5)13-14-19-12-9-8-11-18(19)7-2/h8-12,16H,6-7,13-15H2,1-5H3/b17-10-. The molecule has 20 heavy (non-hydrogen) atoms. The van der Waals surface area contributed by atoms with Crippen molar-refractivity contribution >= 4 is 0 Å². The first-order valence-corrected chi connectivity index (χ1v) is 7.99. The molecule has 1 atom stereocenters. The number of hydrogen-bond acceptors (Lipinski definition) is 1. The van der Waals surface area contributed by atoms with Gasteiger partial charge in [0, 0.05) is 6.04 Å². The quantitative estimate of drug-likeness (QED) is 0.611. The van der Waals surface area contributed by atoms with Crippen molar-refractivity contribution in [2.75, 3.05) is 14.1 Å². The van der Waals surface area contributed by atoms with Crippen LogP contribution in [0.2, 0.25) is 0 Å². The molecule has 0 aliphatic carbocycles. The topological polar surface area (TPSA) is 3.24 Å². The molecule has 1 aromatic rings. The highest BCUT2D eigenvalue weighted by atomic mass is 15.1. The van der Waals surface area contributed by atoms with Crippen molar-refractivity contribution in [2.24, 2.45) is 0 Å². The van der Waals surface area contributed by atoms with Crippen LogP contribution in [0.15, 0.2) is 35.9 Å². The number of aryl methyl sites for hydroxylation is 2. The average molecular weight is 273 g/mol. The molecule has 0 heterocycles. The molecular formula is C19H31N. The normalized spacial score (nSPS) is 13.8. The second kappa shape index (κ2) is 8.97. The van der Waals surface area contributed by atoms with Crippen molar-refractivity contribution in [3.8, 4) is 0 Å². The van der Waals surface area contributed by atoms with E-state index in [1.807, 2.05) is 0 Å². The monoisotopic (exact) mass is 273 g/mol. The van der Waals surface area contributed by atoms with Crippen LogP contribution in [-0.2, 0) is 12.8 Å². The van der Waals surface area contributed by atoms with E-state index >= 15 is 0 Å². The van der Waals surface area contributed by atoms with Gasteiger partial charge in [-0.05, 0) is 64.3 Å². The summed E-state index contributed by atoms with van der Waals surface area (Å²) in [5.74, 6) is 0. The highest BCUT2D eigenvalue weighted by Crippen LogP contribution is 2.19. The zero-order valence-electron chi connectivity index (χ0n) is 13.9. The van der Waals surface area contributed by atoms with Crippen molar-refractivity contribution in [1.82, 2.24) is 4.90 Å². The summed E-state index contributed by atoms with van der Waals surface area (Å²) in [4.78, 5) is 2.31. The molecule has 0 fully saturated rings. The highest BCUT2D eigenvalue weighted by Gasteiger charge is 2.09. The van der Waals surface area contributed by atoms with Gasteiger partial charge in [-0.15, -0.1) is 0 Å². The van der Waals surface area contributed by atoms with Crippen LogP contribution in [0.5, 0.6) is 0 Å². The molecule has 0 saturated heterocycles. The Bertz CT molecular complexity index is 418. The van der Waals surface area contributed by atoms with E-state index in [-0.39, 0.29) is 0 Å². The molecule has 112 valence electrons. The van der Waals surface area contributed by atoms with Crippen molar-refractivity contribution in [3.63, 3.8) is 0 Å². The lowest BCUT2D eigenvalue weighted by Gasteiger charge is -2.21. The molecule has 0 aliphatic rings. The van der Waals surface area contributed by atoms with E-state index in [0.717, 1.165) is 12.8 Å². The van der Waals surface area contributed by atoms with Gasteiger partial charge in [0.15, 0.2) is 0 Å². The van der Waals surface area contributed by atoms with Crippen LogP contribution in [-0.4, -0.2) is 25.0 Å². The van der Waals surface area contributed by atoms with E-state index in [9.17, 15) is 0 Å². The van der Waals surface area contributed by atoms with Crippen molar-refractivity contribution in [1.29, 1.82) is 0 Å². The smallest absolute Gasteiger partial charge is 0.00980 e. The average Bonchev–Trinajstić information content (AvgIpc) is 2.45. The Morgan fingerprint density at radius 1 is 1.15 bits per heavy atom. The van der Waals surface area contributed by atoms with E-state index in [1.54, 1.807) is 5.57 Å². The molecule has 0 spiro atoms. The van der Waals surface area contributed by atoms with Gasteiger partial charge in [0.05, 0.1) is 0 Å². The fraction of sp³-hybridized carbons (Fsp3) is 0.579. The molecule has 0 N–H and O–H groups in total. The maximum atomic E-state index is 2.43. The number of hydrogen-bond donors (Lipinski definition) is 0. The summed E-state index contributed by atoms with van der Waals surface area (Å²) in [7, 11) is 4.33. The van der Waals surface area contributed by atoms with Crippen LogP contribution in [0.4, 0.5) is 0 Å². The SMILES string of the molecule is CC/C=C(/CCc1ccccc1CC)CC(C)N(C)C. The Balaban J connectivity index is 2.65. The van der Waals surface area contributed by atoms with Gasteiger partial charge < -0.3 is 4.90 Å². The Hall–Kier alpha value is -1.08. The fourth-order valence-electron chi connectivity index (χ4n) is 2.58. The number of benzene rings is 1. The van der Waals surface area contributed by atoms with E-state index in [0.29, 0.717) is 6.04 Å². The number of allylic oxidation sites excluding steroid dienone is 1. The minimum absolute atomic E-state index is 0.620. The third-order valence-electron chi connectivity index (χ3n) is 4.15. The summed E-state index contributed by atoms with van der Waals surface area (Å²) in [6, 6.07) is 9.49. The second-order valence-corrected chi connectivity index (χ2v) is 5.91. The fourth-order valence-corrected chi connectivity index (χ4v) is 2.58. The summed E-state index contributed by atoms with van der Waals surface area (Å²) in [6.07, 6.45) is 8.27. The van der Waals surface area contributed by atoms with Crippen LogP contribution in [0.3, 0.4) is 0 Å². The summed E-state index contributed by atoms with van der Waals surface area (Å²) in [6.45, 7) is 6.79. The highest BCUT2D eigenvalue weighted by molar-refractivity contribution is 5.28. The molecule has 1 aromatic carbocycles. The zero-order chi connectivity index (χ0) is 15.0. The predicted octanol–water partition coefficient (Wildman–Crippen LogP) is 4.86. The van der Waals surface area contributed by atoms with Gasteiger partial charge in [0.25, 0.3) is 0 Å². The van der Waals surface area contributed by atoms with Gasteiger partial charge >= 0.3 is 0 Å². The molecule has 0 bridgehead atoms. The molecular weight excluding hydrogens is 242 g/mol. The molecule has 1 heteroatoms. The summed E-state index contributed by atoms with van der Waals surface area (Å²) in [5, 5.41) is 0. The molecule has 1 nitrogen and oxygen atoms in total. The van der Waals surface area contributed by atoms with E-state index in [1.165, 1.54) is 30.4 Å². The van der Waals surface area contributed by atoms with Crippen molar-refractivity contribution in [2.45, 2.75) is 58.9 Å². The minimum atomic E-state index is 0.620. The number of rotatable bonds is 8. The van der Waals surface area contributed by atoms with Gasteiger partial charge in [-0.3, -0.25) is 0 Å². The van der Waals surface area contributed by atoms with Crippen LogP contribution in [0, 0.1) is 0 Å². The molecule has 1 unspecified atom stereocenters. The van der Waals surface area contributed by atoms with Crippen LogP contribution in [0.1, 0.15) is 51.2 Å².